The van der Waals surface area contributed by atoms with Gasteiger partial charge in [-0.2, -0.15) is 0 Å². The molecule has 1 nitrogen and oxygen atoms in total. The maximum absolute atomic E-state index is 3.36. The Bertz CT molecular complexity index is 603. The van der Waals surface area contributed by atoms with Gasteiger partial charge in [0.1, 0.15) is 0 Å². The molecule has 1 aromatic heterocycles. The van der Waals surface area contributed by atoms with E-state index in [2.05, 4.69) is 67.7 Å². The molecule has 0 aliphatic carbocycles. The van der Waals surface area contributed by atoms with Crippen LogP contribution in [0.15, 0.2) is 61.0 Å². The van der Waals surface area contributed by atoms with Gasteiger partial charge in [0.2, 0.25) is 0 Å². The predicted molar refractivity (Wildman–Crippen MR) is 98.7 cm³/mol. The molecule has 2 aromatic rings. The normalized spacial score (nSPS) is 17.1. The van der Waals surface area contributed by atoms with Gasteiger partial charge in [0, 0.05) is 23.9 Å². The Labute approximate surface area is 138 Å². The quantitative estimate of drug-likeness (QED) is 0.700. The van der Waals surface area contributed by atoms with Crippen LogP contribution in [-0.2, 0) is 13.0 Å². The van der Waals surface area contributed by atoms with E-state index in [-0.39, 0.29) is 0 Å². The Morgan fingerprint density at radius 1 is 1.18 bits per heavy atom. The topological polar surface area (TPSA) is 3.24 Å². The van der Waals surface area contributed by atoms with Gasteiger partial charge in [-0.25, -0.2) is 0 Å². The molecule has 0 fully saturated rings. The number of hydrogen-bond donors (Lipinski definition) is 0. The smallest absolute Gasteiger partial charge is 0.0328 e. The first-order valence-corrected chi connectivity index (χ1v) is 8.64. The number of allylic oxidation sites excluding steroid dienone is 2. The first-order valence-electron chi connectivity index (χ1n) is 7.76. The van der Waals surface area contributed by atoms with Crippen molar-refractivity contribution >= 4 is 11.3 Å². The lowest BCUT2D eigenvalue weighted by atomic mass is 9.88. The third-order valence-electron chi connectivity index (χ3n) is 4.02. The second-order valence-corrected chi connectivity index (χ2v) is 6.62. The highest BCUT2D eigenvalue weighted by Gasteiger charge is 2.25. The fraction of sp³-hybridized carbons (Fsp3) is 0.300. The summed E-state index contributed by atoms with van der Waals surface area (Å²) in [6.07, 6.45) is 4.40. The lowest BCUT2D eigenvalue weighted by Crippen LogP contribution is -2.29. The molecule has 22 heavy (non-hydrogen) atoms. The van der Waals surface area contributed by atoms with Gasteiger partial charge in [0.15, 0.2) is 0 Å². The van der Waals surface area contributed by atoms with Crippen LogP contribution >= 0.6 is 11.3 Å². The summed E-state index contributed by atoms with van der Waals surface area (Å²) in [5.74, 6) is 0.552. The minimum absolute atomic E-state index is 0.552. The molecule has 0 radical (unpaired) electrons. The van der Waals surface area contributed by atoms with E-state index in [1.165, 1.54) is 16.0 Å². The zero-order valence-corrected chi connectivity index (χ0v) is 14.4. The summed E-state index contributed by atoms with van der Waals surface area (Å²) in [5, 5.41) is 2.23. The molecule has 1 aliphatic rings. The highest BCUT2D eigenvalue weighted by molar-refractivity contribution is 7.10. The summed E-state index contributed by atoms with van der Waals surface area (Å²) in [6, 6.07) is 11.5. The summed E-state index contributed by atoms with van der Waals surface area (Å²) >= 11 is 1.89. The van der Waals surface area contributed by atoms with Gasteiger partial charge < -0.3 is 4.90 Å². The third kappa shape index (κ3) is 3.96. The monoisotopic (exact) mass is 311 g/mol. The molecule has 0 saturated heterocycles. The Kier molecular flexibility index (Phi) is 6.17. The average molecular weight is 311 g/mol. The van der Waals surface area contributed by atoms with Crippen LogP contribution in [0.3, 0.4) is 0 Å². The Morgan fingerprint density at radius 2 is 1.86 bits per heavy atom. The second-order valence-electron chi connectivity index (χ2n) is 5.61. The molecular formula is C20H25NS. The molecular weight excluding hydrogens is 286 g/mol. The molecule has 1 atom stereocenters. The number of aryl methyl sites for hydroxylation is 1. The fourth-order valence-electron chi connectivity index (χ4n) is 2.78. The number of thiophene rings is 1. The van der Waals surface area contributed by atoms with Crippen LogP contribution in [0.2, 0.25) is 0 Å². The molecule has 1 aliphatic heterocycles. The van der Waals surface area contributed by atoms with E-state index in [9.17, 15) is 0 Å². The second kappa shape index (κ2) is 8.11. The SMILES string of the molecule is C=CC=C.CCc1ccc(C2CN(C)Cc3sccc32)cc1. The zero-order valence-electron chi connectivity index (χ0n) is 13.6. The van der Waals surface area contributed by atoms with Gasteiger partial charge in [-0.15, -0.1) is 11.3 Å². The van der Waals surface area contributed by atoms with Gasteiger partial charge in [-0.05, 0) is 41.6 Å². The van der Waals surface area contributed by atoms with E-state index in [4.69, 9.17) is 0 Å². The van der Waals surface area contributed by atoms with E-state index in [0.29, 0.717) is 5.92 Å². The van der Waals surface area contributed by atoms with Gasteiger partial charge in [-0.3, -0.25) is 0 Å². The van der Waals surface area contributed by atoms with E-state index >= 15 is 0 Å². The summed E-state index contributed by atoms with van der Waals surface area (Å²) < 4.78 is 0. The minimum atomic E-state index is 0.552. The summed E-state index contributed by atoms with van der Waals surface area (Å²) in [4.78, 5) is 3.96. The molecule has 0 N–H and O–H groups in total. The molecule has 0 bridgehead atoms. The number of fused-ring (bicyclic) bond motifs is 1. The van der Waals surface area contributed by atoms with E-state index in [0.717, 1.165) is 19.5 Å². The van der Waals surface area contributed by atoms with Gasteiger partial charge >= 0.3 is 0 Å². The third-order valence-corrected chi connectivity index (χ3v) is 4.94. The molecule has 3 rings (SSSR count). The molecule has 0 saturated carbocycles. The van der Waals surface area contributed by atoms with Crippen molar-refractivity contribution in [1.82, 2.24) is 4.90 Å². The zero-order chi connectivity index (χ0) is 15.9. The lowest BCUT2D eigenvalue weighted by molar-refractivity contribution is 0.299. The van der Waals surface area contributed by atoms with Gasteiger partial charge in [0.05, 0.1) is 0 Å². The van der Waals surface area contributed by atoms with Crippen LogP contribution < -0.4 is 0 Å². The van der Waals surface area contributed by atoms with Crippen molar-refractivity contribution in [2.75, 3.05) is 13.6 Å². The van der Waals surface area contributed by atoms with Crippen LogP contribution in [-0.4, -0.2) is 18.5 Å². The largest absolute Gasteiger partial charge is 0.300 e. The first kappa shape index (κ1) is 16.7. The summed E-state index contributed by atoms with van der Waals surface area (Å²) in [5.41, 5.74) is 4.43. The van der Waals surface area contributed by atoms with Gasteiger partial charge in [0.25, 0.3) is 0 Å². The minimum Gasteiger partial charge on any atom is -0.300 e. The number of hydrogen-bond acceptors (Lipinski definition) is 2. The molecule has 2 heterocycles. The van der Waals surface area contributed by atoms with Crippen molar-refractivity contribution in [1.29, 1.82) is 0 Å². The van der Waals surface area contributed by atoms with Crippen molar-refractivity contribution in [3.8, 4) is 0 Å². The Morgan fingerprint density at radius 3 is 2.45 bits per heavy atom. The number of nitrogens with zero attached hydrogens (tertiary/aromatic N) is 1. The lowest BCUT2D eigenvalue weighted by Gasteiger charge is -2.30. The standard InChI is InChI=1S/C16H19NS.C4H6/c1-3-12-4-6-13(7-5-12)15-10-17(2)11-16-14(15)8-9-18-16;1-3-4-2/h4-9,15H,3,10-11H2,1-2H3;3-4H,1-2H2. The Hall–Kier alpha value is -1.64. The number of likely N-dealkylation sites (N-methyl/N-ethyl adjacent to an activating group) is 1. The molecule has 1 aromatic carbocycles. The van der Waals surface area contributed by atoms with Gasteiger partial charge in [-0.1, -0.05) is 56.5 Å². The van der Waals surface area contributed by atoms with Crippen molar-refractivity contribution < 1.29 is 0 Å². The molecule has 0 amide bonds. The van der Waals surface area contributed by atoms with Crippen LogP contribution in [0.4, 0.5) is 0 Å². The molecule has 2 heteroatoms. The van der Waals surface area contributed by atoms with E-state index < -0.39 is 0 Å². The molecule has 1 unspecified atom stereocenters. The molecule has 116 valence electrons. The van der Waals surface area contributed by atoms with Crippen molar-refractivity contribution in [2.45, 2.75) is 25.8 Å². The number of rotatable bonds is 3. The number of benzene rings is 1. The fourth-order valence-corrected chi connectivity index (χ4v) is 3.80. The van der Waals surface area contributed by atoms with Crippen molar-refractivity contribution in [3.05, 3.63) is 82.6 Å². The maximum atomic E-state index is 3.36. The summed E-state index contributed by atoms with van der Waals surface area (Å²) in [6.45, 7) is 11.2. The van der Waals surface area contributed by atoms with Crippen molar-refractivity contribution in [3.63, 3.8) is 0 Å². The average Bonchev–Trinajstić information content (AvgIpc) is 3.02. The predicted octanol–water partition coefficient (Wildman–Crippen LogP) is 5.25. The van der Waals surface area contributed by atoms with E-state index in [1.54, 1.807) is 17.7 Å². The van der Waals surface area contributed by atoms with Crippen molar-refractivity contribution in [2.24, 2.45) is 0 Å². The Balaban J connectivity index is 0.000000396. The van der Waals surface area contributed by atoms with Crippen LogP contribution in [0.1, 0.15) is 34.4 Å². The highest BCUT2D eigenvalue weighted by atomic mass is 32.1. The molecule has 0 spiro atoms. The maximum Gasteiger partial charge on any atom is 0.0328 e. The summed E-state index contributed by atoms with van der Waals surface area (Å²) in [7, 11) is 2.22. The van der Waals surface area contributed by atoms with E-state index in [1.807, 2.05) is 11.3 Å². The van der Waals surface area contributed by atoms with Crippen LogP contribution in [0.5, 0.6) is 0 Å². The van der Waals surface area contributed by atoms with Crippen LogP contribution in [0, 0.1) is 0 Å². The first-order chi connectivity index (χ1) is 10.7. The highest BCUT2D eigenvalue weighted by Crippen LogP contribution is 2.35. The van der Waals surface area contributed by atoms with Crippen LogP contribution in [0.25, 0.3) is 0 Å².